The fraction of sp³-hybridized carbons (Fsp3) is 0.235. The van der Waals surface area contributed by atoms with Crippen LogP contribution in [-0.4, -0.2) is 43.7 Å². The zero-order valence-corrected chi connectivity index (χ0v) is 16.5. The summed E-state index contributed by atoms with van der Waals surface area (Å²) in [5, 5.41) is 20.9. The number of thioether (sulfide) groups is 1. The lowest BCUT2D eigenvalue weighted by molar-refractivity contribution is -0.113. The van der Waals surface area contributed by atoms with E-state index in [4.69, 9.17) is 4.74 Å². The van der Waals surface area contributed by atoms with Crippen LogP contribution >= 0.6 is 23.1 Å². The Balaban J connectivity index is 1.77. The molecule has 3 rings (SSSR count). The third kappa shape index (κ3) is 4.52. The maximum absolute atomic E-state index is 12.2. The fourth-order valence-corrected chi connectivity index (χ4v) is 3.71. The summed E-state index contributed by atoms with van der Waals surface area (Å²) in [6.07, 6.45) is 1.76. The number of benzene rings is 1. The molecule has 0 spiro atoms. The molecule has 0 bridgehead atoms. The van der Waals surface area contributed by atoms with E-state index in [1.165, 1.54) is 23.1 Å². The zero-order chi connectivity index (χ0) is 19.2. The number of para-hydroxylation sites is 1. The van der Waals surface area contributed by atoms with Crippen LogP contribution in [0, 0.1) is 6.92 Å². The smallest absolute Gasteiger partial charge is 0.236 e. The van der Waals surface area contributed by atoms with Gasteiger partial charge in [-0.25, -0.2) is 0 Å². The topological polar surface area (TPSA) is 94.8 Å². The molecule has 140 valence electrons. The Morgan fingerprint density at radius 1 is 1.33 bits per heavy atom. The zero-order valence-electron chi connectivity index (χ0n) is 14.9. The van der Waals surface area contributed by atoms with Crippen molar-refractivity contribution in [2.24, 2.45) is 0 Å². The molecule has 1 aromatic carbocycles. The molecule has 2 heterocycles. The van der Waals surface area contributed by atoms with Crippen LogP contribution in [0.25, 0.3) is 11.4 Å². The molecule has 1 amide bonds. The van der Waals surface area contributed by atoms with E-state index in [9.17, 15) is 4.79 Å². The van der Waals surface area contributed by atoms with Crippen LogP contribution in [-0.2, 0) is 11.3 Å². The minimum atomic E-state index is -0.178. The number of nitrogens with one attached hydrogen (secondary N) is 1. The minimum Gasteiger partial charge on any atom is -0.496 e. The van der Waals surface area contributed by atoms with Crippen molar-refractivity contribution < 1.29 is 9.53 Å². The van der Waals surface area contributed by atoms with Crippen molar-refractivity contribution >= 4 is 34.1 Å². The number of aromatic nitrogens is 5. The Hall–Kier alpha value is -2.72. The van der Waals surface area contributed by atoms with E-state index < -0.39 is 0 Å². The lowest BCUT2D eigenvalue weighted by Gasteiger charge is -2.10. The summed E-state index contributed by atoms with van der Waals surface area (Å²) in [6.45, 7) is 6.14. The van der Waals surface area contributed by atoms with Gasteiger partial charge in [-0.05, 0) is 19.1 Å². The van der Waals surface area contributed by atoms with Crippen LogP contribution in [0.3, 0.4) is 0 Å². The van der Waals surface area contributed by atoms with Gasteiger partial charge < -0.3 is 4.74 Å². The number of hydrogen-bond acceptors (Lipinski definition) is 8. The van der Waals surface area contributed by atoms with Crippen LogP contribution in [0.5, 0.6) is 5.75 Å². The predicted octanol–water partition coefficient (Wildman–Crippen LogP) is 3.03. The molecular formula is C17H18N6O2S2. The van der Waals surface area contributed by atoms with Gasteiger partial charge in [-0.2, -0.15) is 0 Å². The third-order valence-electron chi connectivity index (χ3n) is 3.48. The van der Waals surface area contributed by atoms with E-state index in [-0.39, 0.29) is 11.7 Å². The van der Waals surface area contributed by atoms with E-state index in [0.717, 1.165) is 10.6 Å². The number of aryl methyl sites for hydroxylation is 1. The van der Waals surface area contributed by atoms with Crippen LogP contribution in [0.1, 0.15) is 5.01 Å². The Labute approximate surface area is 164 Å². The first-order valence-corrected chi connectivity index (χ1v) is 9.82. The molecule has 0 radical (unpaired) electrons. The second-order valence-corrected chi connectivity index (χ2v) is 7.49. The first-order chi connectivity index (χ1) is 13.1. The van der Waals surface area contributed by atoms with Gasteiger partial charge in [-0.15, -0.1) is 27.0 Å². The van der Waals surface area contributed by atoms with Crippen molar-refractivity contribution in [3.05, 3.63) is 41.9 Å². The molecule has 10 heteroatoms. The molecule has 0 saturated carbocycles. The SMILES string of the molecule is C=CCn1c(SCC(=O)Nc2nnc(C)s2)nnc1-c1ccccc1OC. The summed E-state index contributed by atoms with van der Waals surface area (Å²) in [5.41, 5.74) is 0.829. The Morgan fingerprint density at radius 3 is 2.85 bits per heavy atom. The molecule has 0 saturated heterocycles. The molecular weight excluding hydrogens is 384 g/mol. The van der Waals surface area contributed by atoms with Crippen LogP contribution in [0.15, 0.2) is 42.1 Å². The van der Waals surface area contributed by atoms with Gasteiger partial charge in [0.25, 0.3) is 0 Å². The summed E-state index contributed by atoms with van der Waals surface area (Å²) in [5.74, 6) is 1.37. The maximum Gasteiger partial charge on any atom is 0.236 e. The minimum absolute atomic E-state index is 0.178. The van der Waals surface area contributed by atoms with Crippen LogP contribution in [0.2, 0.25) is 0 Å². The summed E-state index contributed by atoms with van der Waals surface area (Å²) in [4.78, 5) is 12.2. The maximum atomic E-state index is 12.2. The van der Waals surface area contributed by atoms with E-state index in [1.54, 1.807) is 13.2 Å². The largest absolute Gasteiger partial charge is 0.496 e. The lowest BCUT2D eigenvalue weighted by atomic mass is 10.2. The number of carbonyl (C=O) groups is 1. The van der Waals surface area contributed by atoms with Crippen molar-refractivity contribution in [2.75, 3.05) is 18.2 Å². The first-order valence-electron chi connectivity index (χ1n) is 8.02. The summed E-state index contributed by atoms with van der Waals surface area (Å²) < 4.78 is 7.32. The number of rotatable bonds is 8. The molecule has 0 aliphatic heterocycles. The molecule has 2 aromatic heterocycles. The number of methoxy groups -OCH3 is 1. The van der Waals surface area contributed by atoms with Gasteiger partial charge in [0.15, 0.2) is 11.0 Å². The number of hydrogen-bond donors (Lipinski definition) is 1. The summed E-state index contributed by atoms with van der Waals surface area (Å²) >= 11 is 2.63. The number of carbonyl (C=O) groups excluding carboxylic acids is 1. The number of ether oxygens (including phenoxy) is 1. The first kappa shape index (κ1) is 19.1. The molecule has 0 aliphatic carbocycles. The average Bonchev–Trinajstić information content (AvgIpc) is 3.26. The Bertz CT molecular complexity index is 953. The summed E-state index contributed by atoms with van der Waals surface area (Å²) in [7, 11) is 1.61. The van der Waals surface area contributed by atoms with Gasteiger partial charge >= 0.3 is 0 Å². The van der Waals surface area contributed by atoms with E-state index in [0.29, 0.717) is 28.4 Å². The number of amides is 1. The van der Waals surface area contributed by atoms with Gasteiger partial charge in [0.05, 0.1) is 18.4 Å². The van der Waals surface area contributed by atoms with Crippen LogP contribution in [0.4, 0.5) is 5.13 Å². The lowest BCUT2D eigenvalue weighted by Crippen LogP contribution is -2.14. The monoisotopic (exact) mass is 402 g/mol. The van der Waals surface area contributed by atoms with Crippen molar-refractivity contribution in [2.45, 2.75) is 18.6 Å². The van der Waals surface area contributed by atoms with Gasteiger partial charge in [-0.1, -0.05) is 41.3 Å². The summed E-state index contributed by atoms with van der Waals surface area (Å²) in [6, 6.07) is 7.59. The van der Waals surface area contributed by atoms with Crippen molar-refractivity contribution in [3.8, 4) is 17.1 Å². The molecule has 0 aliphatic rings. The highest BCUT2D eigenvalue weighted by molar-refractivity contribution is 7.99. The van der Waals surface area contributed by atoms with E-state index in [1.807, 2.05) is 35.8 Å². The Morgan fingerprint density at radius 2 is 2.15 bits per heavy atom. The highest BCUT2D eigenvalue weighted by Crippen LogP contribution is 2.31. The average molecular weight is 403 g/mol. The molecule has 3 aromatic rings. The second kappa shape index (κ2) is 8.78. The van der Waals surface area contributed by atoms with Crippen molar-refractivity contribution in [1.29, 1.82) is 0 Å². The van der Waals surface area contributed by atoms with E-state index in [2.05, 4.69) is 32.3 Å². The number of nitrogens with zero attached hydrogens (tertiary/aromatic N) is 5. The quantitative estimate of drug-likeness (QED) is 0.457. The van der Waals surface area contributed by atoms with Gasteiger partial charge in [0.1, 0.15) is 10.8 Å². The second-order valence-electron chi connectivity index (χ2n) is 5.37. The number of allylic oxidation sites excluding steroid dienone is 1. The van der Waals surface area contributed by atoms with Gasteiger partial charge in [0.2, 0.25) is 11.0 Å². The molecule has 1 N–H and O–H groups in total. The molecule has 0 unspecified atom stereocenters. The highest BCUT2D eigenvalue weighted by atomic mass is 32.2. The standard InChI is InChI=1S/C17H18N6O2S2/c1-4-9-23-15(12-7-5-6-8-13(12)25-3)20-22-17(23)26-10-14(24)18-16-21-19-11(2)27-16/h4-8H,1,9-10H2,2-3H3,(H,18,21,24). The van der Waals surface area contributed by atoms with Crippen molar-refractivity contribution in [3.63, 3.8) is 0 Å². The molecule has 8 nitrogen and oxygen atoms in total. The van der Waals surface area contributed by atoms with Gasteiger partial charge in [0, 0.05) is 6.54 Å². The molecule has 0 atom stereocenters. The Kier molecular flexibility index (Phi) is 6.20. The van der Waals surface area contributed by atoms with Crippen LogP contribution < -0.4 is 10.1 Å². The predicted molar refractivity (Wildman–Crippen MR) is 106 cm³/mol. The third-order valence-corrected chi connectivity index (χ3v) is 5.20. The molecule has 27 heavy (non-hydrogen) atoms. The number of anilines is 1. The van der Waals surface area contributed by atoms with Crippen molar-refractivity contribution in [1.82, 2.24) is 25.0 Å². The van der Waals surface area contributed by atoms with E-state index >= 15 is 0 Å². The fourth-order valence-electron chi connectivity index (χ4n) is 2.35. The normalized spacial score (nSPS) is 10.6. The van der Waals surface area contributed by atoms with Gasteiger partial charge in [-0.3, -0.25) is 14.7 Å². The highest BCUT2D eigenvalue weighted by Gasteiger charge is 2.18. The molecule has 0 fully saturated rings.